The minimum absolute atomic E-state index is 0.0832. The van der Waals surface area contributed by atoms with Gasteiger partial charge in [-0.25, -0.2) is 27.5 Å². The maximum Gasteiger partial charge on any atom is 0.316 e. The zero-order chi connectivity index (χ0) is 17.2. The monoisotopic (exact) mass is 371 g/mol. The molecular formula is C15H18FN3O3S2. The summed E-state index contributed by atoms with van der Waals surface area (Å²) in [4.78, 5) is 8.51. The van der Waals surface area contributed by atoms with Gasteiger partial charge in [0.15, 0.2) is 5.82 Å². The van der Waals surface area contributed by atoms with Crippen LogP contribution < -0.4 is 9.46 Å². The number of halogens is 1. The van der Waals surface area contributed by atoms with Crippen molar-refractivity contribution in [3.05, 3.63) is 35.2 Å². The number of rotatable bonds is 5. The Hall–Kier alpha value is -1.58. The van der Waals surface area contributed by atoms with Crippen molar-refractivity contribution in [2.45, 2.75) is 49.0 Å². The predicted molar refractivity (Wildman–Crippen MR) is 88.0 cm³/mol. The highest BCUT2D eigenvalue weighted by Crippen LogP contribution is 2.25. The smallest absolute Gasteiger partial charge is 0.316 e. The number of ether oxygens (including phenoxy) is 1. The summed E-state index contributed by atoms with van der Waals surface area (Å²) in [6.07, 6.45) is 4.77. The summed E-state index contributed by atoms with van der Waals surface area (Å²) in [5, 5.41) is 0. The summed E-state index contributed by atoms with van der Waals surface area (Å²) >= 11 is 1.26. The first kappa shape index (κ1) is 17.2. The number of aryl methyl sites for hydroxylation is 1. The lowest BCUT2D eigenvalue weighted by molar-refractivity contribution is 0.132. The molecule has 3 rings (SSSR count). The third kappa shape index (κ3) is 4.28. The van der Waals surface area contributed by atoms with E-state index in [4.69, 9.17) is 4.74 Å². The molecule has 0 spiro atoms. The van der Waals surface area contributed by atoms with E-state index in [1.54, 1.807) is 12.1 Å². The summed E-state index contributed by atoms with van der Waals surface area (Å²) in [5.74, 6) is -0.510. The summed E-state index contributed by atoms with van der Waals surface area (Å²) in [6, 6.07) is 3.47. The highest BCUT2D eigenvalue weighted by Gasteiger charge is 2.27. The van der Waals surface area contributed by atoms with Crippen molar-refractivity contribution in [3.63, 3.8) is 0 Å². The minimum atomic E-state index is -3.46. The molecule has 0 aromatic carbocycles. The van der Waals surface area contributed by atoms with Crippen LogP contribution in [0, 0.1) is 12.7 Å². The summed E-state index contributed by atoms with van der Waals surface area (Å²) in [7, 11) is -3.46. The zero-order valence-electron chi connectivity index (χ0n) is 13.1. The molecule has 130 valence electrons. The fourth-order valence-electron chi connectivity index (χ4n) is 2.64. The number of nitrogens with one attached hydrogen (secondary N) is 1. The highest BCUT2D eigenvalue weighted by molar-refractivity contribution is 7.91. The van der Waals surface area contributed by atoms with Crippen molar-refractivity contribution in [1.29, 1.82) is 0 Å². The maximum absolute atomic E-state index is 12.8. The molecule has 24 heavy (non-hydrogen) atoms. The first-order valence-corrected chi connectivity index (χ1v) is 9.95. The van der Waals surface area contributed by atoms with E-state index in [9.17, 15) is 12.8 Å². The van der Waals surface area contributed by atoms with E-state index in [1.165, 1.54) is 11.3 Å². The van der Waals surface area contributed by atoms with E-state index >= 15 is 0 Å². The Balaban J connectivity index is 1.52. The van der Waals surface area contributed by atoms with E-state index in [1.807, 2.05) is 6.92 Å². The van der Waals surface area contributed by atoms with Crippen LogP contribution in [0.1, 0.15) is 30.6 Å². The van der Waals surface area contributed by atoms with Gasteiger partial charge in [-0.2, -0.15) is 0 Å². The summed E-state index contributed by atoms with van der Waals surface area (Å²) < 4.78 is 46.2. The molecule has 0 radical (unpaired) electrons. The molecule has 1 N–H and O–H groups in total. The van der Waals surface area contributed by atoms with Crippen molar-refractivity contribution in [2.24, 2.45) is 0 Å². The highest BCUT2D eigenvalue weighted by atomic mass is 32.2. The minimum Gasteiger partial charge on any atom is -0.460 e. The molecule has 6 nitrogen and oxygen atoms in total. The molecule has 0 saturated heterocycles. The van der Waals surface area contributed by atoms with Crippen LogP contribution in [-0.2, 0) is 10.0 Å². The van der Waals surface area contributed by atoms with Crippen LogP contribution in [-0.4, -0.2) is 30.5 Å². The van der Waals surface area contributed by atoms with Gasteiger partial charge in [0.1, 0.15) is 10.3 Å². The van der Waals surface area contributed by atoms with Gasteiger partial charge >= 0.3 is 6.01 Å². The van der Waals surface area contributed by atoms with Crippen LogP contribution in [0.2, 0.25) is 0 Å². The number of hydrogen-bond donors (Lipinski definition) is 1. The molecule has 1 saturated carbocycles. The summed E-state index contributed by atoms with van der Waals surface area (Å²) in [5.41, 5.74) is 0. The van der Waals surface area contributed by atoms with E-state index in [0.29, 0.717) is 29.9 Å². The van der Waals surface area contributed by atoms with Gasteiger partial charge in [0, 0.05) is 10.9 Å². The Kier molecular flexibility index (Phi) is 5.12. The standard InChI is InChI=1S/C15H18FN3O3S2/c1-10-2-7-14(23-10)24(20,21)19-12-3-5-13(6-4-12)22-15-17-8-11(16)9-18-15/h2,7-9,12-13,19H,3-6H2,1H3. The van der Waals surface area contributed by atoms with Crippen molar-refractivity contribution >= 4 is 21.4 Å². The number of nitrogens with zero attached hydrogens (tertiary/aromatic N) is 2. The first-order chi connectivity index (χ1) is 11.4. The Morgan fingerprint density at radius 1 is 1.21 bits per heavy atom. The van der Waals surface area contributed by atoms with E-state index in [2.05, 4.69) is 14.7 Å². The Labute approximate surface area is 144 Å². The molecule has 2 aromatic heterocycles. The molecule has 0 atom stereocenters. The normalized spacial score (nSPS) is 21.6. The van der Waals surface area contributed by atoms with Crippen LogP contribution in [0.15, 0.2) is 28.7 Å². The van der Waals surface area contributed by atoms with Gasteiger partial charge in [-0.1, -0.05) is 0 Å². The van der Waals surface area contributed by atoms with Crippen molar-refractivity contribution in [1.82, 2.24) is 14.7 Å². The number of sulfonamides is 1. The number of aromatic nitrogens is 2. The van der Waals surface area contributed by atoms with Gasteiger partial charge in [-0.05, 0) is 44.7 Å². The average Bonchev–Trinajstić information content (AvgIpc) is 2.99. The lowest BCUT2D eigenvalue weighted by Crippen LogP contribution is -2.39. The topological polar surface area (TPSA) is 81.2 Å². The molecule has 0 aliphatic heterocycles. The Morgan fingerprint density at radius 3 is 2.46 bits per heavy atom. The fourth-order valence-corrected chi connectivity index (χ4v) is 5.25. The van der Waals surface area contributed by atoms with E-state index in [-0.39, 0.29) is 18.2 Å². The van der Waals surface area contributed by atoms with Gasteiger partial charge in [-0.3, -0.25) is 0 Å². The maximum atomic E-state index is 12.8. The second kappa shape index (κ2) is 7.12. The average molecular weight is 371 g/mol. The molecule has 1 aliphatic carbocycles. The van der Waals surface area contributed by atoms with Gasteiger partial charge in [-0.15, -0.1) is 11.3 Å². The fraction of sp³-hybridized carbons (Fsp3) is 0.467. The largest absolute Gasteiger partial charge is 0.460 e. The molecule has 2 aromatic rings. The SMILES string of the molecule is Cc1ccc(S(=O)(=O)NC2CCC(Oc3ncc(F)cn3)CC2)s1. The molecule has 0 unspecified atom stereocenters. The lowest BCUT2D eigenvalue weighted by atomic mass is 9.94. The molecule has 2 heterocycles. The quantitative estimate of drug-likeness (QED) is 0.874. The third-order valence-corrected chi connectivity index (χ3v) is 6.86. The molecule has 1 fully saturated rings. The van der Waals surface area contributed by atoms with Crippen LogP contribution in [0.4, 0.5) is 4.39 Å². The van der Waals surface area contributed by atoms with Gasteiger partial charge < -0.3 is 4.74 Å². The predicted octanol–water partition coefficient (Wildman–Crippen LogP) is 2.65. The van der Waals surface area contributed by atoms with E-state index < -0.39 is 15.8 Å². The molecule has 0 bridgehead atoms. The second-order valence-electron chi connectivity index (χ2n) is 5.76. The van der Waals surface area contributed by atoms with Crippen LogP contribution in [0.25, 0.3) is 0 Å². The van der Waals surface area contributed by atoms with E-state index in [0.717, 1.165) is 17.3 Å². The van der Waals surface area contributed by atoms with Crippen molar-refractivity contribution in [2.75, 3.05) is 0 Å². The number of hydrogen-bond acceptors (Lipinski definition) is 6. The Morgan fingerprint density at radius 2 is 1.88 bits per heavy atom. The third-order valence-electron chi connectivity index (χ3n) is 3.85. The van der Waals surface area contributed by atoms with Crippen LogP contribution >= 0.6 is 11.3 Å². The van der Waals surface area contributed by atoms with Gasteiger partial charge in [0.2, 0.25) is 10.0 Å². The van der Waals surface area contributed by atoms with Crippen molar-refractivity contribution in [3.8, 4) is 6.01 Å². The summed E-state index contributed by atoms with van der Waals surface area (Å²) in [6.45, 7) is 1.88. The van der Waals surface area contributed by atoms with Crippen molar-refractivity contribution < 1.29 is 17.5 Å². The van der Waals surface area contributed by atoms with Crippen LogP contribution in [0.5, 0.6) is 6.01 Å². The zero-order valence-corrected chi connectivity index (χ0v) is 14.7. The second-order valence-corrected chi connectivity index (χ2v) is 8.99. The molecular weight excluding hydrogens is 353 g/mol. The number of thiophene rings is 1. The first-order valence-electron chi connectivity index (χ1n) is 7.65. The lowest BCUT2D eigenvalue weighted by Gasteiger charge is -2.28. The molecule has 0 amide bonds. The molecule has 1 aliphatic rings. The van der Waals surface area contributed by atoms with Crippen LogP contribution in [0.3, 0.4) is 0 Å². The van der Waals surface area contributed by atoms with Gasteiger partial charge in [0.05, 0.1) is 12.4 Å². The Bertz CT molecular complexity index is 785. The van der Waals surface area contributed by atoms with Gasteiger partial charge in [0.25, 0.3) is 0 Å². The molecule has 9 heteroatoms.